The lowest BCUT2D eigenvalue weighted by Gasteiger charge is -2.28. The summed E-state index contributed by atoms with van der Waals surface area (Å²) in [5, 5.41) is 0. The highest BCUT2D eigenvalue weighted by atomic mass is 16.5. The van der Waals surface area contributed by atoms with E-state index in [2.05, 4.69) is 38.8 Å². The fourth-order valence-corrected chi connectivity index (χ4v) is 1.79. The molecule has 0 aliphatic carbocycles. The van der Waals surface area contributed by atoms with E-state index in [9.17, 15) is 0 Å². The first-order valence-corrected chi connectivity index (χ1v) is 6.88. The van der Waals surface area contributed by atoms with Crippen molar-refractivity contribution in [2.45, 2.75) is 52.9 Å². The topological polar surface area (TPSA) is 75.5 Å². The van der Waals surface area contributed by atoms with Gasteiger partial charge in [0.1, 0.15) is 0 Å². The zero-order valence-electron chi connectivity index (χ0n) is 12.9. The van der Waals surface area contributed by atoms with Crippen LogP contribution in [0.25, 0.3) is 0 Å². The van der Waals surface area contributed by atoms with Crippen LogP contribution >= 0.6 is 0 Å². The average Bonchev–Trinajstić information content (AvgIpc) is 2.29. The maximum absolute atomic E-state index is 5.55. The van der Waals surface area contributed by atoms with Crippen molar-refractivity contribution in [3.05, 3.63) is 24.6 Å². The monoisotopic (exact) mass is 275 g/mol. The van der Waals surface area contributed by atoms with E-state index in [1.54, 1.807) is 0 Å². The molecule has 0 heterocycles. The molecule has 0 aromatic carbocycles. The van der Waals surface area contributed by atoms with Crippen LogP contribution in [0.4, 0.5) is 0 Å². The third kappa shape index (κ3) is 10.7. The molecule has 4 nitrogen and oxygen atoms in total. The molecular weight excluding hydrogens is 242 g/mol. The van der Waals surface area contributed by atoms with Crippen molar-refractivity contribution in [1.29, 1.82) is 0 Å². The molecule has 0 aliphatic heterocycles. The molecule has 0 amide bonds. The Labute approximate surface area is 118 Å². The molecule has 4 heteroatoms. The molecule has 0 spiro atoms. The zero-order chi connectivity index (χ0) is 13.1. The van der Waals surface area contributed by atoms with Crippen LogP contribution in [0.5, 0.6) is 0 Å². The highest BCUT2D eigenvalue weighted by Crippen LogP contribution is 2.18. The molecule has 0 unspecified atom stereocenters. The number of ether oxygens (including phenoxy) is 1. The third-order valence-corrected chi connectivity index (χ3v) is 2.65. The van der Waals surface area contributed by atoms with Gasteiger partial charge >= 0.3 is 0 Å². The Kier molecular flexibility index (Phi) is 18.6. The fraction of sp³-hybridized carbons (Fsp3) is 0.733. The Morgan fingerprint density at radius 3 is 1.68 bits per heavy atom. The predicted molar refractivity (Wildman–Crippen MR) is 83.1 cm³/mol. The van der Waals surface area contributed by atoms with E-state index in [1.165, 1.54) is 11.4 Å². The van der Waals surface area contributed by atoms with Crippen LogP contribution in [0.1, 0.15) is 52.9 Å². The molecule has 0 atom stereocenters. The first kappa shape index (κ1) is 23.3. The number of rotatable bonds is 11. The van der Waals surface area contributed by atoms with Crippen LogP contribution in [0, 0.1) is 0 Å². The SMILES string of the molecule is C=C(CCC)N(CCOCCC)C(=C)CCC.O.O. The Hall–Kier alpha value is -0.840. The first-order chi connectivity index (χ1) is 8.17. The normalized spacial score (nSPS) is 9.21. The van der Waals surface area contributed by atoms with Crippen LogP contribution < -0.4 is 0 Å². The van der Waals surface area contributed by atoms with E-state index < -0.39 is 0 Å². The molecule has 0 saturated heterocycles. The Bertz CT molecular complexity index is 211. The van der Waals surface area contributed by atoms with Gasteiger partial charge in [-0.15, -0.1) is 0 Å². The van der Waals surface area contributed by atoms with E-state index >= 15 is 0 Å². The summed E-state index contributed by atoms with van der Waals surface area (Å²) < 4.78 is 5.55. The van der Waals surface area contributed by atoms with E-state index in [1.807, 2.05) is 0 Å². The predicted octanol–water partition coefficient (Wildman–Crippen LogP) is 2.69. The average molecular weight is 275 g/mol. The van der Waals surface area contributed by atoms with Crippen molar-refractivity contribution in [2.75, 3.05) is 19.8 Å². The lowest BCUT2D eigenvalue weighted by molar-refractivity contribution is 0.119. The first-order valence-electron chi connectivity index (χ1n) is 6.88. The molecule has 0 aromatic rings. The van der Waals surface area contributed by atoms with Crippen molar-refractivity contribution < 1.29 is 15.7 Å². The van der Waals surface area contributed by atoms with E-state index in [0.29, 0.717) is 0 Å². The van der Waals surface area contributed by atoms with Crippen molar-refractivity contribution in [3.8, 4) is 0 Å². The second-order valence-corrected chi connectivity index (χ2v) is 4.40. The number of hydrogen-bond acceptors (Lipinski definition) is 2. The summed E-state index contributed by atoms with van der Waals surface area (Å²) >= 11 is 0. The maximum Gasteiger partial charge on any atom is 0.0645 e. The summed E-state index contributed by atoms with van der Waals surface area (Å²) in [6.07, 6.45) is 5.41. The second kappa shape index (κ2) is 15.2. The summed E-state index contributed by atoms with van der Waals surface area (Å²) in [6.45, 7) is 17.3. The summed E-state index contributed by atoms with van der Waals surface area (Å²) in [4.78, 5) is 2.24. The summed E-state index contributed by atoms with van der Waals surface area (Å²) in [6, 6.07) is 0. The lowest BCUT2D eigenvalue weighted by atomic mass is 10.2. The zero-order valence-corrected chi connectivity index (χ0v) is 12.9. The fourth-order valence-electron chi connectivity index (χ4n) is 1.79. The molecule has 19 heavy (non-hydrogen) atoms. The van der Waals surface area contributed by atoms with Crippen LogP contribution in [-0.4, -0.2) is 35.6 Å². The molecule has 116 valence electrons. The second-order valence-electron chi connectivity index (χ2n) is 4.40. The summed E-state index contributed by atoms with van der Waals surface area (Å²) in [5.74, 6) is 0. The van der Waals surface area contributed by atoms with Gasteiger partial charge in [-0.25, -0.2) is 0 Å². The number of hydrogen-bond donors (Lipinski definition) is 0. The highest BCUT2D eigenvalue weighted by molar-refractivity contribution is 5.07. The molecule has 0 bridgehead atoms. The minimum absolute atomic E-state index is 0. The minimum Gasteiger partial charge on any atom is -0.412 e. The van der Waals surface area contributed by atoms with Crippen LogP contribution in [0.3, 0.4) is 0 Å². The summed E-state index contributed by atoms with van der Waals surface area (Å²) in [7, 11) is 0. The minimum atomic E-state index is 0. The van der Waals surface area contributed by atoms with Crippen molar-refractivity contribution in [2.24, 2.45) is 0 Å². The quantitative estimate of drug-likeness (QED) is 0.544. The van der Waals surface area contributed by atoms with E-state index in [-0.39, 0.29) is 11.0 Å². The maximum atomic E-state index is 5.55. The van der Waals surface area contributed by atoms with Crippen LogP contribution in [0.15, 0.2) is 24.6 Å². The van der Waals surface area contributed by atoms with E-state index in [4.69, 9.17) is 4.74 Å². The van der Waals surface area contributed by atoms with Crippen molar-refractivity contribution >= 4 is 0 Å². The lowest BCUT2D eigenvalue weighted by Crippen LogP contribution is -2.26. The van der Waals surface area contributed by atoms with Gasteiger partial charge in [-0.1, -0.05) is 46.8 Å². The smallest absolute Gasteiger partial charge is 0.0645 e. The van der Waals surface area contributed by atoms with Crippen molar-refractivity contribution in [1.82, 2.24) is 4.90 Å². The Balaban J connectivity index is -0.00000128. The molecule has 0 fully saturated rings. The molecule has 0 radical (unpaired) electrons. The van der Waals surface area contributed by atoms with Gasteiger partial charge < -0.3 is 20.6 Å². The molecule has 4 N–H and O–H groups in total. The van der Waals surface area contributed by atoms with Gasteiger partial charge in [0.2, 0.25) is 0 Å². The standard InChI is InChI=1S/C15H29NO.2H2O/c1-6-9-14(4)16(15(5)10-7-2)11-13-17-12-8-3;;/h4-13H2,1-3H3;2*1H2. The van der Waals surface area contributed by atoms with Crippen LogP contribution in [0.2, 0.25) is 0 Å². The Morgan fingerprint density at radius 2 is 1.32 bits per heavy atom. The van der Waals surface area contributed by atoms with Crippen LogP contribution in [-0.2, 0) is 4.74 Å². The summed E-state index contributed by atoms with van der Waals surface area (Å²) in [5.41, 5.74) is 2.34. The molecular formula is C15H33NO3. The number of nitrogens with zero attached hydrogens (tertiary/aromatic N) is 1. The Morgan fingerprint density at radius 1 is 0.842 bits per heavy atom. The molecule has 0 rings (SSSR count). The van der Waals surface area contributed by atoms with Gasteiger partial charge in [-0.2, -0.15) is 0 Å². The van der Waals surface area contributed by atoms with Crippen molar-refractivity contribution in [3.63, 3.8) is 0 Å². The van der Waals surface area contributed by atoms with Gasteiger partial charge in [-0.3, -0.25) is 0 Å². The van der Waals surface area contributed by atoms with Gasteiger partial charge in [0.15, 0.2) is 0 Å². The number of allylic oxidation sites excluding steroid dienone is 2. The highest BCUT2D eigenvalue weighted by Gasteiger charge is 2.10. The largest absolute Gasteiger partial charge is 0.412 e. The van der Waals surface area contributed by atoms with E-state index in [0.717, 1.165) is 51.9 Å². The van der Waals surface area contributed by atoms with Gasteiger partial charge in [0, 0.05) is 24.5 Å². The van der Waals surface area contributed by atoms with Gasteiger partial charge in [0.05, 0.1) is 6.61 Å². The molecule has 0 aromatic heterocycles. The van der Waals surface area contributed by atoms with Gasteiger partial charge in [-0.05, 0) is 19.3 Å². The third-order valence-electron chi connectivity index (χ3n) is 2.65. The molecule has 0 saturated carbocycles. The molecule has 0 aliphatic rings. The van der Waals surface area contributed by atoms with Gasteiger partial charge in [0.25, 0.3) is 0 Å².